The Bertz CT molecular complexity index is 156. The van der Waals surface area contributed by atoms with Crippen LogP contribution in [0.25, 0.3) is 0 Å². The highest BCUT2D eigenvalue weighted by Crippen LogP contribution is 1.89. The first-order valence-corrected chi connectivity index (χ1v) is 4.84. The quantitative estimate of drug-likeness (QED) is 0.487. The average molecular weight is 204 g/mol. The van der Waals surface area contributed by atoms with Crippen molar-refractivity contribution < 1.29 is 15.0 Å². The van der Waals surface area contributed by atoms with E-state index in [9.17, 15) is 4.79 Å². The molecule has 0 saturated heterocycles. The summed E-state index contributed by atoms with van der Waals surface area (Å²) in [6.07, 6.45) is 0. The van der Waals surface area contributed by atoms with Crippen LogP contribution in [0.4, 0.5) is 0 Å². The van der Waals surface area contributed by atoms with Gasteiger partial charge in [0, 0.05) is 19.1 Å². The van der Waals surface area contributed by atoms with E-state index in [4.69, 9.17) is 10.2 Å². The zero-order chi connectivity index (χ0) is 11.0. The predicted octanol–water partition coefficient (Wildman–Crippen LogP) is -1.20. The highest BCUT2D eigenvalue weighted by atomic mass is 16.3. The first-order chi connectivity index (χ1) is 6.61. The largest absolute Gasteiger partial charge is 0.395 e. The van der Waals surface area contributed by atoms with Crippen LogP contribution in [0.1, 0.15) is 13.8 Å². The van der Waals surface area contributed by atoms with Crippen molar-refractivity contribution in [3.63, 3.8) is 0 Å². The number of aliphatic hydroxyl groups is 2. The molecule has 0 bridgehead atoms. The minimum absolute atomic E-state index is 0.0760. The van der Waals surface area contributed by atoms with Crippen LogP contribution in [0.2, 0.25) is 0 Å². The number of hydrogen-bond donors (Lipinski definition) is 3. The van der Waals surface area contributed by atoms with Gasteiger partial charge in [-0.25, -0.2) is 0 Å². The zero-order valence-electron chi connectivity index (χ0n) is 8.86. The van der Waals surface area contributed by atoms with Gasteiger partial charge in [-0.2, -0.15) is 0 Å². The molecule has 0 aliphatic carbocycles. The van der Waals surface area contributed by atoms with Crippen LogP contribution < -0.4 is 5.32 Å². The summed E-state index contributed by atoms with van der Waals surface area (Å²) >= 11 is 0. The van der Waals surface area contributed by atoms with Gasteiger partial charge in [0.1, 0.15) is 0 Å². The maximum atomic E-state index is 11.5. The molecule has 84 valence electrons. The predicted molar refractivity (Wildman–Crippen MR) is 53.9 cm³/mol. The molecule has 0 rings (SSSR count). The van der Waals surface area contributed by atoms with E-state index < -0.39 is 0 Å². The molecule has 1 amide bonds. The van der Waals surface area contributed by atoms with Crippen molar-refractivity contribution in [1.82, 2.24) is 10.2 Å². The number of hydrogen-bond acceptors (Lipinski definition) is 4. The SMILES string of the molecule is CC(C)NCC(=O)N(CCO)CCO. The fourth-order valence-corrected chi connectivity index (χ4v) is 1.01. The Balaban J connectivity index is 3.88. The molecule has 5 nitrogen and oxygen atoms in total. The highest BCUT2D eigenvalue weighted by Gasteiger charge is 2.11. The lowest BCUT2D eigenvalue weighted by molar-refractivity contribution is -0.131. The Morgan fingerprint density at radius 2 is 1.79 bits per heavy atom. The van der Waals surface area contributed by atoms with Crippen molar-refractivity contribution in [1.29, 1.82) is 0 Å². The number of aliphatic hydroxyl groups excluding tert-OH is 2. The standard InChI is InChI=1S/C9H20N2O3/c1-8(2)10-7-9(14)11(3-5-12)4-6-13/h8,10,12-13H,3-7H2,1-2H3. The van der Waals surface area contributed by atoms with Gasteiger partial charge in [-0.3, -0.25) is 4.79 Å². The molecule has 0 aromatic carbocycles. The minimum Gasteiger partial charge on any atom is -0.395 e. The van der Waals surface area contributed by atoms with E-state index in [0.717, 1.165) is 0 Å². The summed E-state index contributed by atoms with van der Waals surface area (Å²) in [7, 11) is 0. The number of carbonyl (C=O) groups excluding carboxylic acids is 1. The third-order valence-corrected chi connectivity index (χ3v) is 1.75. The van der Waals surface area contributed by atoms with E-state index in [1.165, 1.54) is 4.90 Å². The molecule has 0 aliphatic rings. The number of amides is 1. The Morgan fingerprint density at radius 3 is 2.14 bits per heavy atom. The van der Waals surface area contributed by atoms with Gasteiger partial charge in [-0.05, 0) is 0 Å². The average Bonchev–Trinajstić information content (AvgIpc) is 2.14. The molecule has 0 fully saturated rings. The fraction of sp³-hybridized carbons (Fsp3) is 0.889. The maximum absolute atomic E-state index is 11.5. The van der Waals surface area contributed by atoms with E-state index in [1.807, 2.05) is 13.8 Å². The number of carbonyl (C=O) groups is 1. The van der Waals surface area contributed by atoms with E-state index in [1.54, 1.807) is 0 Å². The maximum Gasteiger partial charge on any atom is 0.236 e. The minimum atomic E-state index is -0.0956. The zero-order valence-corrected chi connectivity index (χ0v) is 8.86. The van der Waals surface area contributed by atoms with Gasteiger partial charge in [0.25, 0.3) is 0 Å². The molecule has 0 saturated carbocycles. The van der Waals surface area contributed by atoms with Crippen LogP contribution in [0.5, 0.6) is 0 Å². The molecule has 0 spiro atoms. The Labute approximate surface area is 84.7 Å². The summed E-state index contributed by atoms with van der Waals surface area (Å²) in [5, 5.41) is 20.4. The lowest BCUT2D eigenvalue weighted by Gasteiger charge is -2.21. The summed E-state index contributed by atoms with van der Waals surface area (Å²) in [5.41, 5.74) is 0. The van der Waals surface area contributed by atoms with Crippen molar-refractivity contribution in [3.05, 3.63) is 0 Å². The molecular weight excluding hydrogens is 184 g/mol. The molecular formula is C9H20N2O3. The molecule has 3 N–H and O–H groups in total. The van der Waals surface area contributed by atoms with Crippen molar-refractivity contribution in [2.45, 2.75) is 19.9 Å². The first-order valence-electron chi connectivity index (χ1n) is 4.84. The van der Waals surface area contributed by atoms with Crippen LogP contribution >= 0.6 is 0 Å². The Morgan fingerprint density at radius 1 is 1.29 bits per heavy atom. The van der Waals surface area contributed by atoms with Crippen LogP contribution in [0, 0.1) is 0 Å². The van der Waals surface area contributed by atoms with E-state index in [2.05, 4.69) is 5.32 Å². The van der Waals surface area contributed by atoms with Gasteiger partial charge >= 0.3 is 0 Å². The number of nitrogens with zero attached hydrogens (tertiary/aromatic N) is 1. The third-order valence-electron chi connectivity index (χ3n) is 1.75. The second kappa shape index (κ2) is 7.73. The van der Waals surface area contributed by atoms with Gasteiger partial charge in [0.05, 0.1) is 19.8 Å². The van der Waals surface area contributed by atoms with Crippen LogP contribution in [-0.4, -0.2) is 59.9 Å². The molecule has 0 aromatic rings. The topological polar surface area (TPSA) is 72.8 Å². The van der Waals surface area contributed by atoms with E-state index >= 15 is 0 Å². The van der Waals surface area contributed by atoms with Gasteiger partial charge in [0.2, 0.25) is 5.91 Å². The lowest BCUT2D eigenvalue weighted by Crippen LogP contribution is -2.42. The number of rotatable bonds is 7. The summed E-state index contributed by atoms with van der Waals surface area (Å²) in [6.45, 7) is 4.56. The smallest absolute Gasteiger partial charge is 0.236 e. The first kappa shape index (κ1) is 13.4. The van der Waals surface area contributed by atoms with Gasteiger partial charge in [0.15, 0.2) is 0 Å². The van der Waals surface area contributed by atoms with Crippen molar-refractivity contribution >= 4 is 5.91 Å². The van der Waals surface area contributed by atoms with E-state index in [-0.39, 0.29) is 44.8 Å². The number of nitrogens with one attached hydrogen (secondary N) is 1. The summed E-state index contributed by atoms with van der Waals surface area (Å²) < 4.78 is 0. The normalized spacial score (nSPS) is 10.6. The fourth-order valence-electron chi connectivity index (χ4n) is 1.01. The Hall–Kier alpha value is -0.650. The van der Waals surface area contributed by atoms with Gasteiger partial charge in [-0.15, -0.1) is 0 Å². The second-order valence-electron chi connectivity index (χ2n) is 3.36. The third kappa shape index (κ3) is 5.90. The highest BCUT2D eigenvalue weighted by molar-refractivity contribution is 5.78. The summed E-state index contributed by atoms with van der Waals surface area (Å²) in [4.78, 5) is 12.9. The molecule has 0 atom stereocenters. The van der Waals surface area contributed by atoms with Crippen molar-refractivity contribution in [2.75, 3.05) is 32.8 Å². The van der Waals surface area contributed by atoms with Crippen LogP contribution in [0.3, 0.4) is 0 Å². The monoisotopic (exact) mass is 204 g/mol. The van der Waals surface area contributed by atoms with Gasteiger partial charge < -0.3 is 20.4 Å². The van der Waals surface area contributed by atoms with E-state index in [0.29, 0.717) is 0 Å². The molecule has 0 aliphatic heterocycles. The van der Waals surface area contributed by atoms with Crippen LogP contribution in [0.15, 0.2) is 0 Å². The molecule has 0 aromatic heterocycles. The molecule has 5 heteroatoms. The van der Waals surface area contributed by atoms with Crippen molar-refractivity contribution in [2.24, 2.45) is 0 Å². The molecule has 0 radical (unpaired) electrons. The van der Waals surface area contributed by atoms with Crippen LogP contribution in [-0.2, 0) is 4.79 Å². The lowest BCUT2D eigenvalue weighted by atomic mass is 10.3. The summed E-state index contributed by atoms with van der Waals surface area (Å²) in [6, 6.07) is 0.254. The second-order valence-corrected chi connectivity index (χ2v) is 3.36. The molecule has 0 heterocycles. The van der Waals surface area contributed by atoms with Gasteiger partial charge in [-0.1, -0.05) is 13.8 Å². The Kier molecular flexibility index (Phi) is 7.37. The molecule has 0 unspecified atom stereocenters. The molecule has 14 heavy (non-hydrogen) atoms. The summed E-state index contributed by atoms with van der Waals surface area (Å²) in [5.74, 6) is -0.0956. The van der Waals surface area contributed by atoms with Crippen molar-refractivity contribution in [3.8, 4) is 0 Å².